The first kappa shape index (κ1) is 12.6. The van der Waals surface area contributed by atoms with Gasteiger partial charge in [0.05, 0.1) is 23.8 Å². The summed E-state index contributed by atoms with van der Waals surface area (Å²) in [7, 11) is 2.01. The van der Waals surface area contributed by atoms with Gasteiger partial charge < -0.3 is 9.88 Å². The van der Waals surface area contributed by atoms with Crippen molar-refractivity contribution in [3.8, 4) is 0 Å². The van der Waals surface area contributed by atoms with Crippen LogP contribution in [0.1, 0.15) is 58.2 Å². The maximum Gasteiger partial charge on any atom is 0.0951 e. The first-order chi connectivity index (χ1) is 8.04. The first-order valence-corrected chi connectivity index (χ1v) is 6.76. The van der Waals surface area contributed by atoms with Crippen LogP contribution in [0.25, 0.3) is 0 Å². The van der Waals surface area contributed by atoms with Gasteiger partial charge in [0, 0.05) is 6.04 Å². The zero-order valence-electron chi connectivity index (χ0n) is 11.5. The van der Waals surface area contributed by atoms with Crippen molar-refractivity contribution < 1.29 is 0 Å². The van der Waals surface area contributed by atoms with Gasteiger partial charge in [-0.3, -0.25) is 0 Å². The lowest BCUT2D eigenvalue weighted by molar-refractivity contribution is 0.272. The Bertz CT molecular complexity index is 359. The van der Waals surface area contributed by atoms with Crippen molar-refractivity contribution >= 4 is 0 Å². The molecule has 0 aliphatic heterocycles. The summed E-state index contributed by atoms with van der Waals surface area (Å²) in [6.45, 7) is 6.79. The summed E-state index contributed by atoms with van der Waals surface area (Å²) in [4.78, 5) is 4.35. The summed E-state index contributed by atoms with van der Waals surface area (Å²) >= 11 is 0. The maximum absolute atomic E-state index is 4.35. The molecular weight excluding hydrogens is 210 g/mol. The molecule has 1 fully saturated rings. The van der Waals surface area contributed by atoms with Crippen LogP contribution < -0.4 is 5.32 Å². The highest BCUT2D eigenvalue weighted by molar-refractivity contribution is 5.12. The van der Waals surface area contributed by atoms with Gasteiger partial charge in [-0.2, -0.15) is 0 Å². The third-order valence-electron chi connectivity index (χ3n) is 4.31. The fourth-order valence-corrected chi connectivity index (χ4v) is 2.73. The summed E-state index contributed by atoms with van der Waals surface area (Å²) in [6, 6.07) is 0.649. The molecule has 0 radical (unpaired) electrons. The number of aromatic nitrogens is 2. The van der Waals surface area contributed by atoms with Crippen molar-refractivity contribution in [1.82, 2.24) is 14.9 Å². The molecule has 1 heterocycles. The summed E-state index contributed by atoms with van der Waals surface area (Å²) in [6.07, 6.45) is 9.31. The molecule has 1 aliphatic rings. The van der Waals surface area contributed by atoms with Crippen LogP contribution in [-0.2, 0) is 5.54 Å². The van der Waals surface area contributed by atoms with Gasteiger partial charge in [0.25, 0.3) is 0 Å². The van der Waals surface area contributed by atoms with Crippen LogP contribution >= 0.6 is 0 Å². The Morgan fingerprint density at radius 1 is 1.29 bits per heavy atom. The van der Waals surface area contributed by atoms with Gasteiger partial charge in [-0.05, 0) is 52.5 Å². The summed E-state index contributed by atoms with van der Waals surface area (Å²) in [5.41, 5.74) is 1.30. The number of hydrogen-bond acceptors (Lipinski definition) is 2. The minimum Gasteiger partial charge on any atom is -0.330 e. The Morgan fingerprint density at radius 2 is 1.94 bits per heavy atom. The minimum absolute atomic E-state index is 0.000433. The highest BCUT2D eigenvalue weighted by Gasteiger charge is 2.27. The molecule has 3 heteroatoms. The van der Waals surface area contributed by atoms with Crippen molar-refractivity contribution in [2.75, 3.05) is 7.05 Å². The van der Waals surface area contributed by atoms with E-state index in [9.17, 15) is 0 Å². The monoisotopic (exact) mass is 235 g/mol. The second kappa shape index (κ2) is 4.81. The lowest BCUT2D eigenvalue weighted by Crippen LogP contribution is -2.36. The average Bonchev–Trinajstić information content (AvgIpc) is 2.80. The molecule has 1 aliphatic carbocycles. The molecule has 17 heavy (non-hydrogen) atoms. The molecule has 3 nitrogen and oxygen atoms in total. The van der Waals surface area contributed by atoms with E-state index >= 15 is 0 Å². The van der Waals surface area contributed by atoms with E-state index in [0.29, 0.717) is 6.04 Å². The predicted molar refractivity (Wildman–Crippen MR) is 71.0 cm³/mol. The average molecular weight is 235 g/mol. The van der Waals surface area contributed by atoms with Gasteiger partial charge in [0.15, 0.2) is 0 Å². The molecule has 0 spiro atoms. The highest BCUT2D eigenvalue weighted by Crippen LogP contribution is 2.34. The molecule has 0 bridgehead atoms. The third kappa shape index (κ3) is 2.54. The smallest absolute Gasteiger partial charge is 0.0951 e. The molecule has 0 atom stereocenters. The van der Waals surface area contributed by atoms with Crippen LogP contribution in [0.4, 0.5) is 0 Å². The van der Waals surface area contributed by atoms with Gasteiger partial charge in [-0.15, -0.1) is 0 Å². The predicted octanol–water partition coefficient (Wildman–Crippen LogP) is 3.09. The Labute approximate surface area is 105 Å². The maximum atomic E-state index is 4.35. The SMILES string of the molecule is CNC(C)(C)c1cncn1C1CCC(C)CC1. The van der Waals surface area contributed by atoms with Gasteiger partial charge in [-0.25, -0.2) is 4.98 Å². The van der Waals surface area contributed by atoms with Gasteiger partial charge in [0.1, 0.15) is 0 Å². The first-order valence-electron chi connectivity index (χ1n) is 6.76. The van der Waals surface area contributed by atoms with Crippen LogP contribution in [0, 0.1) is 5.92 Å². The fourth-order valence-electron chi connectivity index (χ4n) is 2.73. The van der Waals surface area contributed by atoms with Crippen molar-refractivity contribution in [2.24, 2.45) is 5.92 Å². The molecule has 1 aromatic heterocycles. The minimum atomic E-state index is -0.000433. The van der Waals surface area contributed by atoms with Crippen molar-refractivity contribution in [2.45, 2.75) is 58.0 Å². The summed E-state index contributed by atoms with van der Waals surface area (Å²) < 4.78 is 2.39. The van der Waals surface area contributed by atoms with Crippen LogP contribution in [0.15, 0.2) is 12.5 Å². The van der Waals surface area contributed by atoms with Gasteiger partial charge in [-0.1, -0.05) is 6.92 Å². The van der Waals surface area contributed by atoms with Crippen LogP contribution in [-0.4, -0.2) is 16.6 Å². The van der Waals surface area contributed by atoms with Crippen molar-refractivity contribution in [3.63, 3.8) is 0 Å². The Balaban J connectivity index is 2.19. The second-order valence-corrected chi connectivity index (χ2v) is 5.97. The highest BCUT2D eigenvalue weighted by atomic mass is 15.1. The quantitative estimate of drug-likeness (QED) is 0.872. The van der Waals surface area contributed by atoms with E-state index in [1.54, 1.807) is 0 Å². The van der Waals surface area contributed by atoms with E-state index in [0.717, 1.165) is 5.92 Å². The molecule has 0 aromatic carbocycles. The Kier molecular flexibility index (Phi) is 3.57. The van der Waals surface area contributed by atoms with Crippen LogP contribution in [0.5, 0.6) is 0 Å². The molecule has 2 rings (SSSR count). The molecular formula is C14H25N3. The number of nitrogens with one attached hydrogen (secondary N) is 1. The molecule has 1 saturated carbocycles. The van der Waals surface area contributed by atoms with E-state index in [4.69, 9.17) is 0 Å². The van der Waals surface area contributed by atoms with E-state index in [1.807, 2.05) is 19.6 Å². The van der Waals surface area contributed by atoms with E-state index in [1.165, 1.54) is 31.4 Å². The zero-order chi connectivity index (χ0) is 12.5. The largest absolute Gasteiger partial charge is 0.330 e. The Hall–Kier alpha value is -0.830. The number of rotatable bonds is 3. The fraction of sp³-hybridized carbons (Fsp3) is 0.786. The number of hydrogen-bond donors (Lipinski definition) is 1. The third-order valence-corrected chi connectivity index (χ3v) is 4.31. The van der Waals surface area contributed by atoms with Crippen molar-refractivity contribution in [3.05, 3.63) is 18.2 Å². The molecule has 96 valence electrons. The number of imidazole rings is 1. The second-order valence-electron chi connectivity index (χ2n) is 5.97. The lowest BCUT2D eigenvalue weighted by atomic mass is 9.86. The standard InChI is InChI=1S/C14H25N3/c1-11-5-7-12(8-6-11)17-10-16-9-13(17)14(2,3)15-4/h9-12,15H,5-8H2,1-4H3. The zero-order valence-corrected chi connectivity index (χ0v) is 11.5. The van der Waals surface area contributed by atoms with E-state index in [-0.39, 0.29) is 5.54 Å². The molecule has 1 aromatic rings. The molecule has 0 amide bonds. The van der Waals surface area contributed by atoms with E-state index in [2.05, 4.69) is 35.6 Å². The Morgan fingerprint density at radius 3 is 2.53 bits per heavy atom. The molecule has 0 saturated heterocycles. The topological polar surface area (TPSA) is 29.9 Å². The summed E-state index contributed by atoms with van der Waals surface area (Å²) in [5.74, 6) is 0.899. The van der Waals surface area contributed by atoms with Crippen LogP contribution in [0.2, 0.25) is 0 Å². The normalized spacial score (nSPS) is 26.1. The van der Waals surface area contributed by atoms with Gasteiger partial charge in [0.2, 0.25) is 0 Å². The van der Waals surface area contributed by atoms with Crippen LogP contribution in [0.3, 0.4) is 0 Å². The van der Waals surface area contributed by atoms with Gasteiger partial charge >= 0.3 is 0 Å². The van der Waals surface area contributed by atoms with Crippen molar-refractivity contribution in [1.29, 1.82) is 0 Å². The molecule has 1 N–H and O–H groups in total. The number of nitrogens with zero attached hydrogens (tertiary/aromatic N) is 2. The lowest BCUT2D eigenvalue weighted by Gasteiger charge is -2.32. The summed E-state index contributed by atoms with van der Waals surface area (Å²) in [5, 5.41) is 3.37. The van der Waals surface area contributed by atoms with E-state index < -0.39 is 0 Å². The molecule has 0 unspecified atom stereocenters.